The largest absolute Gasteiger partial charge is 0.756 e. The fourth-order valence-corrected chi connectivity index (χ4v) is 6.10. The first-order chi connectivity index (χ1) is 24.0. The zero-order valence-corrected chi connectivity index (χ0v) is 33.7. The molecule has 50 heavy (non-hydrogen) atoms. The van der Waals surface area contributed by atoms with Gasteiger partial charge in [-0.25, -0.2) is 0 Å². The average molecular weight is 725 g/mol. The highest BCUT2D eigenvalue weighted by Crippen LogP contribution is 2.38. The first kappa shape index (κ1) is 48.5. The predicted molar refractivity (Wildman–Crippen MR) is 210 cm³/mol. The lowest BCUT2D eigenvalue weighted by molar-refractivity contribution is -0.870. The third kappa shape index (κ3) is 34.9. The van der Waals surface area contributed by atoms with Crippen LogP contribution < -0.4 is 10.2 Å². The zero-order chi connectivity index (χ0) is 37.2. The van der Waals surface area contributed by atoms with Gasteiger partial charge in [0.1, 0.15) is 13.2 Å². The van der Waals surface area contributed by atoms with Gasteiger partial charge in [0.2, 0.25) is 5.91 Å². The van der Waals surface area contributed by atoms with Crippen molar-refractivity contribution in [3.8, 4) is 0 Å². The molecule has 0 aliphatic rings. The fourth-order valence-electron chi connectivity index (χ4n) is 5.38. The Hall–Kier alpha value is -1.54. The van der Waals surface area contributed by atoms with Gasteiger partial charge in [0.15, 0.2) is 0 Å². The van der Waals surface area contributed by atoms with E-state index in [4.69, 9.17) is 9.05 Å². The Morgan fingerprint density at radius 3 is 1.78 bits per heavy atom. The number of unbranched alkanes of at least 4 members (excludes halogenated alkanes) is 14. The number of quaternary nitrogens is 1. The van der Waals surface area contributed by atoms with Gasteiger partial charge in [0, 0.05) is 6.42 Å². The van der Waals surface area contributed by atoms with E-state index in [2.05, 4.69) is 67.8 Å². The minimum atomic E-state index is -4.56. The molecule has 0 heterocycles. The summed E-state index contributed by atoms with van der Waals surface area (Å²) in [7, 11) is 1.28. The first-order valence-corrected chi connectivity index (χ1v) is 21.4. The molecule has 3 atom stereocenters. The topological polar surface area (TPSA) is 108 Å². The molecule has 1 amide bonds. The van der Waals surface area contributed by atoms with E-state index in [9.17, 15) is 19.4 Å². The summed E-state index contributed by atoms with van der Waals surface area (Å²) in [6, 6.07) is -0.812. The number of hydrogen-bond donors (Lipinski definition) is 2. The molecule has 0 aromatic carbocycles. The molecule has 3 unspecified atom stereocenters. The number of phosphoric acid groups is 1. The molecule has 0 aromatic rings. The van der Waals surface area contributed by atoms with Crippen molar-refractivity contribution in [3.63, 3.8) is 0 Å². The average Bonchev–Trinajstić information content (AvgIpc) is 3.06. The third-order valence-corrected chi connectivity index (χ3v) is 9.55. The monoisotopic (exact) mass is 725 g/mol. The summed E-state index contributed by atoms with van der Waals surface area (Å²) in [6.45, 7) is 4.55. The van der Waals surface area contributed by atoms with Crippen molar-refractivity contribution in [1.82, 2.24) is 5.32 Å². The molecule has 0 saturated heterocycles. The summed E-state index contributed by atoms with van der Waals surface area (Å²) >= 11 is 0. The Morgan fingerprint density at radius 2 is 1.22 bits per heavy atom. The van der Waals surface area contributed by atoms with Crippen LogP contribution in [0.3, 0.4) is 0 Å². The maximum atomic E-state index is 12.8. The van der Waals surface area contributed by atoms with Crippen molar-refractivity contribution in [1.29, 1.82) is 0 Å². The van der Waals surface area contributed by atoms with Gasteiger partial charge in [-0.05, 0) is 51.4 Å². The number of aliphatic hydroxyl groups is 1. The molecule has 0 bridgehead atoms. The van der Waals surface area contributed by atoms with Gasteiger partial charge in [-0.1, -0.05) is 146 Å². The summed E-state index contributed by atoms with van der Waals surface area (Å²) < 4.78 is 23.1. The molecular formula is C41H77N2O6P. The highest BCUT2D eigenvalue weighted by molar-refractivity contribution is 7.45. The molecule has 0 saturated carbocycles. The standard InChI is InChI=1S/C41H77N2O6P/c1-6-8-10-12-14-16-18-19-20-21-22-23-25-27-29-31-33-35-41(45)42-39(38-49-50(46,47)48-37-36-43(3,4)5)40(44)34-32-30-28-26-24-17-15-13-11-9-7-2/h8,10,14,16,19-20,22-23,39-40,44H,6-7,9,11-13,15,17-18,21,24-38H2,1-5H3,(H-,42,45,46,47)/b10-8-,16-14-,20-19-,23-22-. The van der Waals surface area contributed by atoms with Gasteiger partial charge in [0.25, 0.3) is 7.82 Å². The number of carbonyl (C=O) groups excluding carboxylic acids is 1. The number of nitrogens with zero attached hydrogens (tertiary/aromatic N) is 1. The molecule has 2 N–H and O–H groups in total. The number of aliphatic hydroxyl groups excluding tert-OH is 1. The van der Waals surface area contributed by atoms with Crippen molar-refractivity contribution in [2.24, 2.45) is 0 Å². The summed E-state index contributed by atoms with van der Waals surface area (Å²) in [5.41, 5.74) is 0. The second-order valence-corrected chi connectivity index (χ2v) is 16.0. The van der Waals surface area contributed by atoms with Crippen LogP contribution in [0.4, 0.5) is 0 Å². The molecule has 0 aliphatic heterocycles. The first-order valence-electron chi connectivity index (χ1n) is 20.0. The molecule has 0 aromatic heterocycles. The van der Waals surface area contributed by atoms with E-state index in [0.29, 0.717) is 23.9 Å². The smallest absolute Gasteiger partial charge is 0.268 e. The Morgan fingerprint density at radius 1 is 0.720 bits per heavy atom. The number of amides is 1. The van der Waals surface area contributed by atoms with Crippen LogP contribution in [0.25, 0.3) is 0 Å². The fraction of sp³-hybridized carbons (Fsp3) is 0.780. The zero-order valence-electron chi connectivity index (χ0n) is 32.8. The molecule has 9 heteroatoms. The van der Waals surface area contributed by atoms with Crippen molar-refractivity contribution in [2.75, 3.05) is 40.9 Å². The van der Waals surface area contributed by atoms with Crippen LogP contribution in [0.2, 0.25) is 0 Å². The minimum absolute atomic E-state index is 0.00484. The van der Waals surface area contributed by atoms with E-state index >= 15 is 0 Å². The number of hydrogen-bond acceptors (Lipinski definition) is 6. The Bertz CT molecular complexity index is 959. The lowest BCUT2D eigenvalue weighted by Gasteiger charge is -2.30. The van der Waals surface area contributed by atoms with Crippen molar-refractivity contribution < 1.29 is 32.9 Å². The number of nitrogens with one attached hydrogen (secondary N) is 1. The SMILES string of the molecule is CC/C=C\C/C=C\C/C=C\C/C=C\CCCCCCC(=O)NC(COP(=O)([O-])OCC[N+](C)(C)C)C(O)CCCCCCCCCCCCC. The number of carbonyl (C=O) groups is 1. The molecule has 0 aliphatic carbocycles. The van der Waals surface area contributed by atoms with Crippen LogP contribution in [-0.2, 0) is 18.4 Å². The molecule has 0 spiro atoms. The second kappa shape index (κ2) is 33.3. The van der Waals surface area contributed by atoms with E-state index in [1.54, 1.807) is 0 Å². The highest BCUT2D eigenvalue weighted by atomic mass is 31.2. The van der Waals surface area contributed by atoms with Gasteiger partial charge < -0.3 is 28.8 Å². The molecule has 0 fully saturated rings. The van der Waals surface area contributed by atoms with Gasteiger partial charge in [-0.3, -0.25) is 9.36 Å². The lowest BCUT2D eigenvalue weighted by atomic mass is 10.0. The van der Waals surface area contributed by atoms with E-state index in [1.807, 2.05) is 21.1 Å². The maximum absolute atomic E-state index is 12.8. The van der Waals surface area contributed by atoms with Gasteiger partial charge in [-0.2, -0.15) is 0 Å². The molecule has 0 radical (unpaired) electrons. The molecule has 0 rings (SSSR count). The Kier molecular flexibility index (Phi) is 32.3. The van der Waals surface area contributed by atoms with E-state index in [1.165, 1.54) is 51.4 Å². The van der Waals surface area contributed by atoms with Gasteiger partial charge in [-0.15, -0.1) is 0 Å². The Labute approximate surface area is 308 Å². The van der Waals surface area contributed by atoms with Crippen LogP contribution in [-0.4, -0.2) is 68.5 Å². The normalized spacial score (nSPS) is 15.1. The van der Waals surface area contributed by atoms with E-state index in [-0.39, 0.29) is 19.1 Å². The number of likely N-dealkylation sites (N-methyl/N-ethyl adjacent to an activating group) is 1. The second-order valence-electron chi connectivity index (χ2n) is 14.6. The molecule has 292 valence electrons. The minimum Gasteiger partial charge on any atom is -0.756 e. The highest BCUT2D eigenvalue weighted by Gasteiger charge is 2.24. The van der Waals surface area contributed by atoms with Gasteiger partial charge >= 0.3 is 0 Å². The summed E-state index contributed by atoms with van der Waals surface area (Å²) in [5, 5.41) is 13.8. The number of rotatable bonds is 35. The van der Waals surface area contributed by atoms with E-state index in [0.717, 1.165) is 77.0 Å². The van der Waals surface area contributed by atoms with Crippen molar-refractivity contribution in [2.45, 2.75) is 167 Å². The summed E-state index contributed by atoms with van der Waals surface area (Å²) in [6.07, 6.45) is 39.7. The van der Waals surface area contributed by atoms with Crippen LogP contribution >= 0.6 is 7.82 Å². The molecule has 8 nitrogen and oxygen atoms in total. The molecular weight excluding hydrogens is 647 g/mol. The van der Waals surface area contributed by atoms with Crippen molar-refractivity contribution >= 4 is 13.7 Å². The maximum Gasteiger partial charge on any atom is 0.268 e. The van der Waals surface area contributed by atoms with Crippen molar-refractivity contribution in [3.05, 3.63) is 48.6 Å². The van der Waals surface area contributed by atoms with Gasteiger partial charge in [0.05, 0.1) is 39.9 Å². The van der Waals surface area contributed by atoms with Crippen LogP contribution in [0.15, 0.2) is 48.6 Å². The lowest BCUT2D eigenvalue weighted by Crippen LogP contribution is -2.46. The number of phosphoric ester groups is 1. The van der Waals surface area contributed by atoms with Crippen LogP contribution in [0, 0.1) is 0 Å². The quantitative estimate of drug-likeness (QED) is 0.0292. The predicted octanol–water partition coefficient (Wildman–Crippen LogP) is 9.89. The third-order valence-electron chi connectivity index (χ3n) is 8.58. The van der Waals surface area contributed by atoms with Crippen LogP contribution in [0.1, 0.15) is 155 Å². The Balaban J connectivity index is 4.48. The summed E-state index contributed by atoms with van der Waals surface area (Å²) in [4.78, 5) is 25.2. The van der Waals surface area contributed by atoms with Crippen LogP contribution in [0.5, 0.6) is 0 Å². The summed E-state index contributed by atoms with van der Waals surface area (Å²) in [5.74, 6) is -0.192. The number of allylic oxidation sites excluding steroid dienone is 8. The van der Waals surface area contributed by atoms with E-state index < -0.39 is 20.0 Å².